The van der Waals surface area contributed by atoms with E-state index in [0.717, 1.165) is 0 Å². The van der Waals surface area contributed by atoms with Gasteiger partial charge in [0.2, 0.25) is 11.8 Å². The number of benzene rings is 4. The predicted octanol–water partition coefficient (Wildman–Crippen LogP) is 4.83. The summed E-state index contributed by atoms with van der Waals surface area (Å²) >= 11 is 0. The van der Waals surface area contributed by atoms with Crippen molar-refractivity contribution in [2.45, 2.75) is 19.3 Å². The van der Waals surface area contributed by atoms with E-state index in [1.807, 2.05) is 0 Å². The number of H-pyrrole nitrogens is 2. The van der Waals surface area contributed by atoms with Gasteiger partial charge in [0.15, 0.2) is 10.9 Å². The Bertz CT molecular complexity index is 1990. The number of phenolic OH excluding ortho intramolecular Hbond substituents is 2. The van der Waals surface area contributed by atoms with Crippen LogP contribution in [-0.4, -0.2) is 32.0 Å². The number of aromatic hydroxyl groups is 2. The van der Waals surface area contributed by atoms with E-state index in [0.29, 0.717) is 44.0 Å². The van der Waals surface area contributed by atoms with Gasteiger partial charge in [0.05, 0.1) is 33.4 Å². The predicted molar refractivity (Wildman–Crippen MR) is 159 cm³/mol. The van der Waals surface area contributed by atoms with Crippen molar-refractivity contribution in [3.8, 4) is 11.5 Å². The lowest BCUT2D eigenvalue weighted by molar-refractivity contribution is -0.117. The molecule has 0 fully saturated rings. The summed E-state index contributed by atoms with van der Waals surface area (Å²) in [4.78, 5) is 57.5. The molecule has 0 spiro atoms. The van der Waals surface area contributed by atoms with Crippen molar-refractivity contribution >= 4 is 66.8 Å². The number of para-hydroxylation sites is 4. The Morgan fingerprint density at radius 1 is 0.561 bits per heavy atom. The maximum absolute atomic E-state index is 12.9. The maximum Gasteiger partial charge on any atom is 0.224 e. The fourth-order valence-corrected chi connectivity index (χ4v) is 5.06. The normalized spacial score (nSPS) is 11.3. The molecule has 2 aromatic heterocycles. The van der Waals surface area contributed by atoms with Gasteiger partial charge in [0, 0.05) is 34.4 Å². The van der Waals surface area contributed by atoms with Crippen LogP contribution >= 0.6 is 0 Å². The van der Waals surface area contributed by atoms with Gasteiger partial charge in [-0.15, -0.1) is 0 Å². The van der Waals surface area contributed by atoms with Crippen LogP contribution in [0.1, 0.15) is 19.3 Å². The van der Waals surface area contributed by atoms with Crippen LogP contribution in [0.5, 0.6) is 11.5 Å². The number of phenols is 2. The summed E-state index contributed by atoms with van der Waals surface area (Å²) in [7, 11) is 0. The fourth-order valence-electron chi connectivity index (χ4n) is 5.06. The quantitative estimate of drug-likeness (QED) is 0.163. The molecule has 41 heavy (non-hydrogen) atoms. The lowest BCUT2D eigenvalue weighted by Crippen LogP contribution is -2.16. The van der Waals surface area contributed by atoms with Crippen molar-refractivity contribution in [3.05, 3.63) is 93.2 Å². The summed E-state index contributed by atoms with van der Waals surface area (Å²) < 4.78 is 0. The van der Waals surface area contributed by atoms with Gasteiger partial charge >= 0.3 is 0 Å². The molecule has 0 unspecified atom stereocenters. The molecule has 2 amide bonds. The molecule has 6 N–H and O–H groups in total. The Hall–Kier alpha value is -5.64. The molecule has 4 aromatic carbocycles. The first-order valence-corrected chi connectivity index (χ1v) is 12.9. The van der Waals surface area contributed by atoms with Gasteiger partial charge in [0.25, 0.3) is 0 Å². The highest BCUT2D eigenvalue weighted by atomic mass is 16.3. The summed E-state index contributed by atoms with van der Waals surface area (Å²) in [5, 5.41) is 27.4. The zero-order chi connectivity index (χ0) is 28.7. The molecule has 0 bridgehead atoms. The molecule has 0 atom stereocenters. The molecule has 10 heteroatoms. The van der Waals surface area contributed by atoms with Crippen molar-refractivity contribution in [1.82, 2.24) is 9.97 Å². The highest BCUT2D eigenvalue weighted by molar-refractivity contribution is 6.06. The van der Waals surface area contributed by atoms with E-state index in [2.05, 4.69) is 20.6 Å². The number of pyridine rings is 2. The molecule has 2 heterocycles. The van der Waals surface area contributed by atoms with Gasteiger partial charge < -0.3 is 30.8 Å². The molecule has 6 rings (SSSR count). The number of carbonyl (C=O) groups is 2. The summed E-state index contributed by atoms with van der Waals surface area (Å²) in [5.41, 5.74) is 1.57. The lowest BCUT2D eigenvalue weighted by Gasteiger charge is -2.11. The van der Waals surface area contributed by atoms with Crippen LogP contribution in [-0.2, 0) is 9.59 Å². The second kappa shape index (κ2) is 10.2. The Morgan fingerprint density at radius 2 is 0.927 bits per heavy atom. The number of rotatable bonds is 6. The third-order valence-electron chi connectivity index (χ3n) is 7.05. The summed E-state index contributed by atoms with van der Waals surface area (Å²) in [6.45, 7) is 0. The minimum Gasteiger partial charge on any atom is -0.506 e. The average Bonchev–Trinajstić information content (AvgIpc) is 2.95. The Balaban J connectivity index is 1.15. The Morgan fingerprint density at radius 3 is 1.34 bits per heavy atom. The number of hydrogen-bond donors (Lipinski definition) is 6. The number of amides is 2. The molecule has 0 radical (unpaired) electrons. The van der Waals surface area contributed by atoms with Gasteiger partial charge in [-0.25, -0.2) is 0 Å². The van der Waals surface area contributed by atoms with Crippen LogP contribution in [0.2, 0.25) is 0 Å². The molecule has 6 aromatic rings. The van der Waals surface area contributed by atoms with E-state index < -0.39 is 0 Å². The first kappa shape index (κ1) is 25.6. The van der Waals surface area contributed by atoms with Crippen molar-refractivity contribution in [3.63, 3.8) is 0 Å². The fraction of sp³-hybridized carbons (Fsp3) is 0.0968. The van der Waals surface area contributed by atoms with Crippen LogP contribution in [0.3, 0.4) is 0 Å². The number of anilines is 2. The molecule has 204 valence electrons. The number of nitrogens with one attached hydrogen (secondary N) is 4. The summed E-state index contributed by atoms with van der Waals surface area (Å²) in [6, 6.07) is 19.3. The standard InChI is InChI=1S/C31H24N4O6/c36-22-12-3-8-18-28(22)34-26-16(30(18)40)6-1-10-20(26)32-24(38)14-5-15-25(39)33-21-11-2-7-17-27(21)35-29-19(31(17)41)9-4-13-23(29)37/h1-4,6-13,36-37H,5,14-15H2,(H,32,38)(H,33,39)(H,34,40)(H,35,41). The minimum atomic E-state index is -0.347. The summed E-state index contributed by atoms with van der Waals surface area (Å²) in [5.74, 6) is -0.845. The average molecular weight is 549 g/mol. The smallest absolute Gasteiger partial charge is 0.224 e. The van der Waals surface area contributed by atoms with E-state index in [4.69, 9.17) is 0 Å². The molecule has 10 nitrogen and oxygen atoms in total. The van der Waals surface area contributed by atoms with Gasteiger partial charge in [-0.1, -0.05) is 24.3 Å². The SMILES string of the molecule is O=C(CCCC(=O)Nc1cccc2c(=O)c3cccc(O)c3[nH]c12)Nc1cccc2c(=O)c3cccc(O)c3[nH]c12. The third-order valence-corrected chi connectivity index (χ3v) is 7.05. The first-order chi connectivity index (χ1) is 19.8. The molecule has 0 saturated heterocycles. The largest absolute Gasteiger partial charge is 0.506 e. The maximum atomic E-state index is 12.9. The number of carbonyl (C=O) groups excluding carboxylic acids is 2. The third kappa shape index (κ3) is 4.61. The van der Waals surface area contributed by atoms with Crippen molar-refractivity contribution in [2.24, 2.45) is 0 Å². The van der Waals surface area contributed by atoms with E-state index in [9.17, 15) is 29.4 Å². The van der Waals surface area contributed by atoms with Gasteiger partial charge in [0.1, 0.15) is 11.5 Å². The van der Waals surface area contributed by atoms with Crippen molar-refractivity contribution in [2.75, 3.05) is 10.6 Å². The number of aromatic amines is 2. The number of fused-ring (bicyclic) bond motifs is 4. The van der Waals surface area contributed by atoms with Gasteiger partial charge in [-0.3, -0.25) is 19.2 Å². The van der Waals surface area contributed by atoms with Crippen LogP contribution in [0.25, 0.3) is 43.6 Å². The Labute approximate surface area is 231 Å². The number of hydrogen-bond acceptors (Lipinski definition) is 6. The molecular formula is C31H24N4O6. The zero-order valence-electron chi connectivity index (χ0n) is 21.6. The van der Waals surface area contributed by atoms with Crippen LogP contribution in [0.15, 0.2) is 82.4 Å². The lowest BCUT2D eigenvalue weighted by atomic mass is 10.1. The first-order valence-electron chi connectivity index (χ1n) is 12.9. The minimum absolute atomic E-state index is 0.0394. The van der Waals surface area contributed by atoms with Crippen molar-refractivity contribution in [1.29, 1.82) is 0 Å². The highest BCUT2D eigenvalue weighted by Crippen LogP contribution is 2.28. The zero-order valence-corrected chi connectivity index (χ0v) is 21.6. The number of aromatic nitrogens is 2. The van der Waals surface area contributed by atoms with Crippen molar-refractivity contribution < 1.29 is 19.8 Å². The van der Waals surface area contributed by atoms with Crippen LogP contribution in [0.4, 0.5) is 11.4 Å². The summed E-state index contributed by atoms with van der Waals surface area (Å²) in [6.07, 6.45) is 0.323. The van der Waals surface area contributed by atoms with E-state index in [1.54, 1.807) is 60.7 Å². The highest BCUT2D eigenvalue weighted by Gasteiger charge is 2.15. The van der Waals surface area contributed by atoms with Gasteiger partial charge in [-0.2, -0.15) is 0 Å². The molecule has 0 aliphatic rings. The molecule has 0 aliphatic carbocycles. The van der Waals surface area contributed by atoms with Crippen LogP contribution in [0, 0.1) is 0 Å². The monoisotopic (exact) mass is 548 g/mol. The molecular weight excluding hydrogens is 524 g/mol. The topological polar surface area (TPSA) is 164 Å². The second-order valence-electron chi connectivity index (χ2n) is 9.71. The van der Waals surface area contributed by atoms with E-state index in [1.165, 1.54) is 12.1 Å². The Kier molecular flexibility index (Phi) is 6.35. The van der Waals surface area contributed by atoms with E-state index in [-0.39, 0.29) is 64.5 Å². The van der Waals surface area contributed by atoms with E-state index >= 15 is 0 Å². The molecule has 0 saturated carbocycles. The second-order valence-corrected chi connectivity index (χ2v) is 9.71. The van der Waals surface area contributed by atoms with Crippen LogP contribution < -0.4 is 21.5 Å². The van der Waals surface area contributed by atoms with Gasteiger partial charge in [-0.05, 0) is 55.0 Å². The molecule has 0 aliphatic heterocycles.